The first-order valence-electron chi connectivity index (χ1n) is 11.5. The van der Waals surface area contributed by atoms with E-state index in [-0.39, 0.29) is 35.5 Å². The molecule has 10 nitrogen and oxygen atoms in total. The molecule has 0 fully saturated rings. The van der Waals surface area contributed by atoms with E-state index in [9.17, 15) is 9.59 Å². The molecular formula is C26H21ClN6O4. The topological polar surface area (TPSA) is 147 Å². The Hall–Kier alpha value is -4.41. The van der Waals surface area contributed by atoms with Gasteiger partial charge in [0.2, 0.25) is 6.79 Å². The number of benzene rings is 2. The molecule has 4 aromatic rings. The number of primary amides is 1. The predicted molar refractivity (Wildman–Crippen MR) is 136 cm³/mol. The number of pyridine rings is 1. The van der Waals surface area contributed by atoms with Crippen molar-refractivity contribution in [3.8, 4) is 28.4 Å². The largest absolute Gasteiger partial charge is 0.454 e. The van der Waals surface area contributed by atoms with Crippen LogP contribution in [-0.2, 0) is 19.4 Å². The van der Waals surface area contributed by atoms with Gasteiger partial charge in [0, 0.05) is 35.6 Å². The first-order chi connectivity index (χ1) is 17.9. The lowest BCUT2D eigenvalue weighted by Gasteiger charge is -2.20. The summed E-state index contributed by atoms with van der Waals surface area (Å²) in [6.07, 6.45) is 2.71. The van der Waals surface area contributed by atoms with Gasteiger partial charge in [0.25, 0.3) is 11.8 Å². The number of aryl methyl sites for hydroxylation is 1. The van der Waals surface area contributed by atoms with Crippen molar-refractivity contribution in [2.45, 2.75) is 19.4 Å². The van der Waals surface area contributed by atoms with E-state index in [1.807, 2.05) is 24.3 Å². The van der Waals surface area contributed by atoms with Crippen molar-refractivity contribution < 1.29 is 19.1 Å². The van der Waals surface area contributed by atoms with Gasteiger partial charge in [-0.3, -0.25) is 14.6 Å². The van der Waals surface area contributed by atoms with Crippen molar-refractivity contribution in [1.29, 1.82) is 0 Å². The number of rotatable bonds is 5. The molecule has 3 heterocycles. The van der Waals surface area contributed by atoms with Crippen LogP contribution < -0.4 is 26.3 Å². The highest BCUT2D eigenvalue weighted by molar-refractivity contribution is 6.34. The summed E-state index contributed by atoms with van der Waals surface area (Å²) in [6.45, 7) is 0.327. The van der Waals surface area contributed by atoms with Crippen LogP contribution in [-0.4, -0.2) is 33.4 Å². The van der Waals surface area contributed by atoms with Crippen LogP contribution in [0.1, 0.15) is 37.7 Å². The highest BCUT2D eigenvalue weighted by atomic mass is 35.5. The molecule has 6 rings (SSSR count). The third-order valence-corrected chi connectivity index (χ3v) is 6.75. The lowest BCUT2D eigenvalue weighted by atomic mass is 9.88. The zero-order valence-corrected chi connectivity index (χ0v) is 20.2. The lowest BCUT2D eigenvalue weighted by molar-refractivity contribution is 0.0992. The highest BCUT2D eigenvalue weighted by Gasteiger charge is 2.29. The van der Waals surface area contributed by atoms with Gasteiger partial charge in [-0.25, -0.2) is 4.68 Å². The molecule has 0 unspecified atom stereocenters. The van der Waals surface area contributed by atoms with Crippen molar-refractivity contribution in [2.24, 2.45) is 11.5 Å². The molecule has 1 aliphatic heterocycles. The molecule has 0 saturated heterocycles. The molecule has 37 heavy (non-hydrogen) atoms. The van der Waals surface area contributed by atoms with Crippen molar-refractivity contribution in [2.75, 3.05) is 12.1 Å². The molecule has 0 bridgehead atoms. The van der Waals surface area contributed by atoms with E-state index in [0.717, 1.165) is 22.4 Å². The highest BCUT2D eigenvalue weighted by Crippen LogP contribution is 2.40. The molecule has 186 valence electrons. The molecular weight excluding hydrogens is 496 g/mol. The summed E-state index contributed by atoms with van der Waals surface area (Å²) >= 11 is 6.22. The SMILES string of the molecule is NCc1cc(C(=O)Nc2ccc3c(c2)-c2c(c(C(N)=O)nn2-c2ccc4c(c2)OCO4)CC3)c(Cl)cn1. The average molecular weight is 517 g/mol. The number of anilines is 1. The van der Waals surface area contributed by atoms with Gasteiger partial charge in [-0.05, 0) is 48.7 Å². The number of carbonyl (C=O) groups excluding carboxylic acids is 2. The molecule has 5 N–H and O–H groups in total. The fourth-order valence-electron chi connectivity index (χ4n) is 4.68. The minimum atomic E-state index is -0.605. The molecule has 0 radical (unpaired) electrons. The third kappa shape index (κ3) is 3.96. The van der Waals surface area contributed by atoms with Gasteiger partial charge in [0.15, 0.2) is 17.2 Å². The summed E-state index contributed by atoms with van der Waals surface area (Å²) in [5, 5.41) is 7.71. The summed E-state index contributed by atoms with van der Waals surface area (Å²) in [5.41, 5.74) is 17.0. The first-order valence-corrected chi connectivity index (χ1v) is 11.9. The molecule has 2 amide bonds. The van der Waals surface area contributed by atoms with Gasteiger partial charge in [-0.1, -0.05) is 17.7 Å². The maximum Gasteiger partial charge on any atom is 0.269 e. The smallest absolute Gasteiger partial charge is 0.269 e. The normalized spacial score (nSPS) is 13.1. The predicted octanol–water partition coefficient (Wildman–Crippen LogP) is 3.22. The summed E-state index contributed by atoms with van der Waals surface area (Å²) in [7, 11) is 0. The maximum absolute atomic E-state index is 13.0. The Morgan fingerprint density at radius 3 is 2.73 bits per heavy atom. The Morgan fingerprint density at radius 1 is 1.08 bits per heavy atom. The van der Waals surface area contributed by atoms with Crippen LogP contribution in [0.2, 0.25) is 5.02 Å². The van der Waals surface area contributed by atoms with Crippen molar-refractivity contribution in [3.63, 3.8) is 0 Å². The van der Waals surface area contributed by atoms with Gasteiger partial charge < -0.3 is 26.3 Å². The molecule has 0 atom stereocenters. The van der Waals surface area contributed by atoms with Crippen LogP contribution in [0.4, 0.5) is 5.69 Å². The number of carbonyl (C=O) groups is 2. The van der Waals surface area contributed by atoms with E-state index in [2.05, 4.69) is 15.4 Å². The monoisotopic (exact) mass is 516 g/mol. The molecule has 2 aromatic carbocycles. The molecule has 11 heteroatoms. The zero-order chi connectivity index (χ0) is 25.7. The van der Waals surface area contributed by atoms with E-state index >= 15 is 0 Å². The number of nitrogens with zero attached hydrogens (tertiary/aromatic N) is 3. The first kappa shape index (κ1) is 23.0. The molecule has 2 aliphatic rings. The van der Waals surface area contributed by atoms with Crippen LogP contribution in [0, 0.1) is 0 Å². The molecule has 0 saturated carbocycles. The van der Waals surface area contributed by atoms with Crippen LogP contribution in [0.25, 0.3) is 16.9 Å². The van der Waals surface area contributed by atoms with Crippen molar-refractivity contribution in [3.05, 3.63) is 81.8 Å². The molecule has 2 aromatic heterocycles. The zero-order valence-electron chi connectivity index (χ0n) is 19.5. The minimum Gasteiger partial charge on any atom is -0.454 e. The van der Waals surface area contributed by atoms with Gasteiger partial charge in [0.05, 0.1) is 27.7 Å². The third-order valence-electron chi connectivity index (χ3n) is 6.45. The van der Waals surface area contributed by atoms with E-state index in [1.165, 1.54) is 6.20 Å². The van der Waals surface area contributed by atoms with E-state index in [1.54, 1.807) is 22.9 Å². The fourth-order valence-corrected chi connectivity index (χ4v) is 4.87. The standard InChI is InChI=1S/C26H21ClN6O4/c27-20-11-30-15(10-28)8-19(20)26(35)31-14-3-1-13-2-5-17-23(25(29)34)32-33(24(17)18(13)7-14)16-4-6-21-22(9-16)37-12-36-21/h1,3-4,6-9,11H,2,5,10,12,28H2,(H2,29,34)(H,31,35). The second-order valence-electron chi connectivity index (χ2n) is 8.68. The maximum atomic E-state index is 13.0. The van der Waals surface area contributed by atoms with Crippen LogP contribution >= 0.6 is 11.6 Å². The number of amides is 2. The average Bonchev–Trinajstić information content (AvgIpc) is 3.53. The number of fused-ring (bicyclic) bond motifs is 4. The summed E-state index contributed by atoms with van der Waals surface area (Å²) in [4.78, 5) is 29.4. The number of aromatic nitrogens is 3. The molecule has 1 aliphatic carbocycles. The number of hydrogen-bond donors (Lipinski definition) is 3. The number of ether oxygens (including phenoxy) is 2. The quantitative estimate of drug-likeness (QED) is 0.369. The van der Waals surface area contributed by atoms with Gasteiger partial charge in [-0.15, -0.1) is 0 Å². The Morgan fingerprint density at radius 2 is 1.92 bits per heavy atom. The van der Waals surface area contributed by atoms with Gasteiger partial charge >= 0.3 is 0 Å². The number of halogens is 1. The van der Waals surface area contributed by atoms with E-state index < -0.39 is 5.91 Å². The lowest BCUT2D eigenvalue weighted by Crippen LogP contribution is -2.16. The summed E-state index contributed by atoms with van der Waals surface area (Å²) in [5.74, 6) is 0.232. The van der Waals surface area contributed by atoms with Gasteiger partial charge in [0.1, 0.15) is 0 Å². The van der Waals surface area contributed by atoms with Crippen LogP contribution in [0.15, 0.2) is 48.7 Å². The van der Waals surface area contributed by atoms with Gasteiger partial charge in [-0.2, -0.15) is 5.10 Å². The Bertz CT molecular complexity index is 1600. The summed E-state index contributed by atoms with van der Waals surface area (Å²) < 4.78 is 12.6. The van der Waals surface area contributed by atoms with E-state index in [0.29, 0.717) is 41.4 Å². The van der Waals surface area contributed by atoms with Crippen molar-refractivity contribution in [1.82, 2.24) is 14.8 Å². The Balaban J connectivity index is 1.43. The van der Waals surface area contributed by atoms with Crippen LogP contribution in [0.5, 0.6) is 11.5 Å². The second-order valence-corrected chi connectivity index (χ2v) is 9.08. The Labute approximate surface area is 216 Å². The van der Waals surface area contributed by atoms with E-state index in [4.69, 9.17) is 32.5 Å². The van der Waals surface area contributed by atoms with Crippen LogP contribution in [0.3, 0.4) is 0 Å². The number of nitrogens with two attached hydrogens (primary N) is 2. The number of hydrogen-bond acceptors (Lipinski definition) is 7. The summed E-state index contributed by atoms with van der Waals surface area (Å²) in [6, 6.07) is 12.7. The van der Waals surface area contributed by atoms with Crippen molar-refractivity contribution >= 4 is 29.1 Å². The fraction of sp³-hybridized carbons (Fsp3) is 0.154. The number of nitrogens with one attached hydrogen (secondary N) is 1. The minimum absolute atomic E-state index is 0.142. The second kappa shape index (κ2) is 8.91. The molecule has 0 spiro atoms. The Kier molecular flexibility index (Phi) is 5.54.